The van der Waals surface area contributed by atoms with E-state index in [1.165, 1.54) is 25.7 Å². The van der Waals surface area contributed by atoms with E-state index in [1.54, 1.807) is 0 Å². The minimum absolute atomic E-state index is 0.575. The lowest BCUT2D eigenvalue weighted by Crippen LogP contribution is -2.42. The lowest BCUT2D eigenvalue weighted by molar-refractivity contribution is 0.139. The highest BCUT2D eigenvalue weighted by Crippen LogP contribution is 2.27. The fraction of sp³-hybridized carbons (Fsp3) is 0.933. The van der Waals surface area contributed by atoms with Crippen LogP contribution in [0.5, 0.6) is 0 Å². The number of thioether (sulfide) groups is 1. The minimum Gasteiger partial charge on any atom is -0.380 e. The van der Waals surface area contributed by atoms with E-state index < -0.39 is 0 Å². The molecule has 0 spiro atoms. The molecular weight excluding hydrogens is 270 g/mol. The Morgan fingerprint density at radius 1 is 1.30 bits per heavy atom. The normalized spacial score (nSPS) is 23.1. The second-order valence-electron chi connectivity index (χ2n) is 5.24. The van der Waals surface area contributed by atoms with Gasteiger partial charge in [0.25, 0.3) is 0 Å². The molecule has 2 N–H and O–H groups in total. The third kappa shape index (κ3) is 7.39. The maximum Gasteiger partial charge on any atom is 0.191 e. The van der Waals surface area contributed by atoms with Gasteiger partial charge in [-0.15, -0.1) is 0 Å². The average molecular weight is 302 g/mol. The maximum absolute atomic E-state index is 5.54. The summed E-state index contributed by atoms with van der Waals surface area (Å²) in [6, 6.07) is 0.575. The molecule has 118 valence electrons. The number of unbranched alkanes of at least 4 members (excludes halogenated alkanes) is 1. The monoisotopic (exact) mass is 301 g/mol. The van der Waals surface area contributed by atoms with Crippen LogP contribution in [0.4, 0.5) is 0 Å². The summed E-state index contributed by atoms with van der Waals surface area (Å²) in [7, 11) is 0. The Bertz CT molecular complexity index is 274. The third-order valence-corrected chi connectivity index (χ3v) is 4.65. The van der Waals surface area contributed by atoms with Crippen LogP contribution in [0.2, 0.25) is 0 Å². The van der Waals surface area contributed by atoms with Gasteiger partial charge in [0.15, 0.2) is 5.96 Å². The molecule has 0 amide bonds. The van der Waals surface area contributed by atoms with Gasteiger partial charge in [0.1, 0.15) is 0 Å². The number of hydrogen-bond acceptors (Lipinski definition) is 3. The molecule has 0 saturated heterocycles. The molecule has 0 aromatic carbocycles. The first-order chi connectivity index (χ1) is 9.80. The predicted octanol–water partition coefficient (Wildman–Crippen LogP) is 2.64. The quantitative estimate of drug-likeness (QED) is 0.390. The van der Waals surface area contributed by atoms with Crippen molar-refractivity contribution in [3.63, 3.8) is 0 Å². The first-order valence-electron chi connectivity index (χ1n) is 7.95. The van der Waals surface area contributed by atoms with Crippen molar-refractivity contribution in [2.24, 2.45) is 4.99 Å². The highest BCUT2D eigenvalue weighted by molar-refractivity contribution is 7.99. The molecule has 1 aliphatic rings. The molecule has 5 heteroatoms. The van der Waals surface area contributed by atoms with Crippen molar-refractivity contribution < 1.29 is 4.74 Å². The van der Waals surface area contributed by atoms with Crippen molar-refractivity contribution in [1.29, 1.82) is 0 Å². The van der Waals surface area contributed by atoms with Gasteiger partial charge in [-0.05, 0) is 38.9 Å². The first kappa shape index (κ1) is 17.6. The lowest BCUT2D eigenvalue weighted by Gasteiger charge is -2.17. The molecule has 0 bridgehead atoms. The predicted molar refractivity (Wildman–Crippen MR) is 89.8 cm³/mol. The third-order valence-electron chi connectivity index (χ3n) is 3.55. The highest BCUT2D eigenvalue weighted by Gasteiger charge is 2.24. The van der Waals surface area contributed by atoms with Gasteiger partial charge in [-0.1, -0.05) is 13.3 Å². The average Bonchev–Trinajstić information content (AvgIpc) is 2.90. The van der Waals surface area contributed by atoms with E-state index in [9.17, 15) is 0 Å². The number of guanidine groups is 1. The van der Waals surface area contributed by atoms with Crippen LogP contribution in [-0.2, 0) is 4.74 Å². The van der Waals surface area contributed by atoms with Crippen LogP contribution in [0.15, 0.2) is 4.99 Å². The Balaban J connectivity index is 2.24. The zero-order valence-corrected chi connectivity index (χ0v) is 14.1. The van der Waals surface area contributed by atoms with Gasteiger partial charge in [0.2, 0.25) is 0 Å². The van der Waals surface area contributed by atoms with Crippen LogP contribution in [0, 0.1) is 0 Å². The number of ether oxygens (including phenoxy) is 1. The Labute approximate surface area is 128 Å². The lowest BCUT2D eigenvalue weighted by atomic mass is 10.2. The number of hydrogen-bond donors (Lipinski definition) is 2. The van der Waals surface area contributed by atoms with E-state index >= 15 is 0 Å². The topological polar surface area (TPSA) is 45.6 Å². The van der Waals surface area contributed by atoms with Crippen LogP contribution in [0.25, 0.3) is 0 Å². The van der Waals surface area contributed by atoms with Crippen molar-refractivity contribution in [1.82, 2.24) is 10.6 Å². The molecule has 4 nitrogen and oxygen atoms in total. The van der Waals surface area contributed by atoms with Crippen molar-refractivity contribution >= 4 is 17.7 Å². The van der Waals surface area contributed by atoms with Crippen molar-refractivity contribution in [2.45, 2.75) is 57.2 Å². The number of nitrogens with zero attached hydrogens (tertiary/aromatic N) is 1. The van der Waals surface area contributed by atoms with Gasteiger partial charge in [-0.25, -0.2) is 0 Å². The molecule has 1 rings (SSSR count). The van der Waals surface area contributed by atoms with Gasteiger partial charge in [0.05, 0.1) is 13.2 Å². The second-order valence-corrected chi connectivity index (χ2v) is 6.38. The molecule has 1 saturated carbocycles. The molecule has 0 aromatic heterocycles. The summed E-state index contributed by atoms with van der Waals surface area (Å²) >= 11 is 1.99. The molecule has 1 fully saturated rings. The standard InChI is InChI=1S/C15H31N3OS/c1-4-6-10-19-11-9-17-15(16-5-2)18-13-7-8-14(12-13)20-3/h13-14H,4-12H2,1-3H3,(H2,16,17,18). The summed E-state index contributed by atoms with van der Waals surface area (Å²) in [5.74, 6) is 0.943. The SMILES string of the molecule is CCCCOCCN=C(NCC)NC1CCC(SC)C1. The van der Waals surface area contributed by atoms with Crippen LogP contribution in [0.1, 0.15) is 46.0 Å². The van der Waals surface area contributed by atoms with E-state index in [1.807, 2.05) is 11.8 Å². The Kier molecular flexibility index (Phi) is 9.93. The largest absolute Gasteiger partial charge is 0.380 e. The molecule has 0 aromatic rings. The van der Waals surface area contributed by atoms with Gasteiger partial charge in [-0.2, -0.15) is 11.8 Å². The molecule has 0 heterocycles. The highest BCUT2D eigenvalue weighted by atomic mass is 32.2. The van der Waals surface area contributed by atoms with Crippen molar-refractivity contribution in [3.05, 3.63) is 0 Å². The maximum atomic E-state index is 5.54. The molecule has 2 unspecified atom stereocenters. The van der Waals surface area contributed by atoms with Crippen molar-refractivity contribution in [2.75, 3.05) is 32.6 Å². The smallest absolute Gasteiger partial charge is 0.191 e. The molecule has 1 aliphatic carbocycles. The van der Waals surface area contributed by atoms with Gasteiger partial charge in [0, 0.05) is 24.4 Å². The van der Waals surface area contributed by atoms with Gasteiger partial charge < -0.3 is 15.4 Å². The van der Waals surface area contributed by atoms with Gasteiger partial charge in [-0.3, -0.25) is 4.99 Å². The molecule has 20 heavy (non-hydrogen) atoms. The van der Waals surface area contributed by atoms with Crippen molar-refractivity contribution in [3.8, 4) is 0 Å². The van der Waals surface area contributed by atoms with Crippen LogP contribution in [0.3, 0.4) is 0 Å². The molecule has 2 atom stereocenters. The minimum atomic E-state index is 0.575. The summed E-state index contributed by atoms with van der Waals surface area (Å²) in [5, 5.41) is 7.69. The summed E-state index contributed by atoms with van der Waals surface area (Å²) in [6.07, 6.45) is 8.35. The molecular formula is C15H31N3OS. The number of nitrogens with one attached hydrogen (secondary N) is 2. The van der Waals surface area contributed by atoms with E-state index in [0.717, 1.165) is 37.3 Å². The molecule has 0 aliphatic heterocycles. The Morgan fingerprint density at radius 2 is 2.15 bits per heavy atom. The van der Waals surface area contributed by atoms with Crippen LogP contribution < -0.4 is 10.6 Å². The fourth-order valence-corrected chi connectivity index (χ4v) is 3.17. The molecule has 0 radical (unpaired) electrons. The van der Waals surface area contributed by atoms with E-state index in [2.05, 4.69) is 35.7 Å². The summed E-state index contributed by atoms with van der Waals surface area (Å²) in [5.41, 5.74) is 0. The zero-order chi connectivity index (χ0) is 14.6. The second kappa shape index (κ2) is 11.3. The van der Waals surface area contributed by atoms with E-state index in [0.29, 0.717) is 12.6 Å². The Morgan fingerprint density at radius 3 is 2.80 bits per heavy atom. The first-order valence-corrected chi connectivity index (χ1v) is 9.24. The van der Waals surface area contributed by atoms with Crippen LogP contribution in [-0.4, -0.2) is 49.8 Å². The number of rotatable bonds is 9. The summed E-state index contributed by atoms with van der Waals surface area (Å²) in [6.45, 7) is 7.49. The Hall–Kier alpha value is -0.420. The van der Waals surface area contributed by atoms with E-state index in [-0.39, 0.29) is 0 Å². The number of aliphatic imine (C=N–C) groups is 1. The fourth-order valence-electron chi connectivity index (χ4n) is 2.37. The van der Waals surface area contributed by atoms with E-state index in [4.69, 9.17) is 4.74 Å². The van der Waals surface area contributed by atoms with Gasteiger partial charge >= 0.3 is 0 Å². The summed E-state index contributed by atoms with van der Waals surface area (Å²) in [4.78, 5) is 4.59. The zero-order valence-electron chi connectivity index (χ0n) is 13.3. The van der Waals surface area contributed by atoms with Crippen LogP contribution >= 0.6 is 11.8 Å². The summed E-state index contributed by atoms with van der Waals surface area (Å²) < 4.78 is 5.54.